The molecule has 174 valence electrons. The third kappa shape index (κ3) is 4.73. The molecule has 0 spiro atoms. The Morgan fingerprint density at radius 1 is 0.909 bits per heavy atom. The van der Waals surface area contributed by atoms with Crippen molar-refractivity contribution < 1.29 is 9.47 Å². The maximum absolute atomic E-state index is 5.54. The Hall–Kier alpha value is -3.32. The molecule has 1 fully saturated rings. The number of ether oxygens (including phenoxy) is 2. The summed E-state index contributed by atoms with van der Waals surface area (Å²) in [6.07, 6.45) is 0. The van der Waals surface area contributed by atoms with Gasteiger partial charge in [-0.3, -0.25) is 4.57 Å². The molecule has 33 heavy (non-hydrogen) atoms. The summed E-state index contributed by atoms with van der Waals surface area (Å²) in [4.78, 5) is 12.5. The number of piperazine rings is 1. The molecule has 0 bridgehead atoms. The molecule has 0 atom stereocenters. The van der Waals surface area contributed by atoms with Crippen molar-refractivity contribution in [3.05, 3.63) is 58.6 Å². The molecule has 3 aromatic rings. The molecule has 7 nitrogen and oxygen atoms in total. The third-order valence-electron chi connectivity index (χ3n) is 6.07. The van der Waals surface area contributed by atoms with Crippen LogP contribution in [0.15, 0.2) is 41.4 Å². The zero-order chi connectivity index (χ0) is 23.5. The average Bonchev–Trinajstić information content (AvgIpc) is 2.82. The van der Waals surface area contributed by atoms with Crippen LogP contribution in [0, 0.1) is 20.8 Å². The van der Waals surface area contributed by atoms with Gasteiger partial charge < -0.3 is 19.7 Å². The van der Waals surface area contributed by atoms with E-state index in [0.717, 1.165) is 54.6 Å². The van der Waals surface area contributed by atoms with E-state index in [0.29, 0.717) is 11.5 Å². The SMILES string of the molecule is COc1ccc(-c2c/c(=N/c3c(C)cc(C)cc3C)n(C)c(N3CCNCC3)n2)cc1OC. The summed E-state index contributed by atoms with van der Waals surface area (Å²) >= 11 is 0. The van der Waals surface area contributed by atoms with Crippen molar-refractivity contribution in [2.45, 2.75) is 20.8 Å². The van der Waals surface area contributed by atoms with Gasteiger partial charge in [0.1, 0.15) is 5.49 Å². The number of hydrogen-bond donors (Lipinski definition) is 1. The molecule has 1 saturated heterocycles. The Morgan fingerprint density at radius 3 is 2.21 bits per heavy atom. The van der Waals surface area contributed by atoms with E-state index in [1.165, 1.54) is 16.7 Å². The number of anilines is 1. The molecular formula is C26H33N5O2. The molecule has 0 amide bonds. The van der Waals surface area contributed by atoms with Gasteiger partial charge in [-0.2, -0.15) is 0 Å². The third-order valence-corrected chi connectivity index (χ3v) is 6.07. The number of nitrogens with one attached hydrogen (secondary N) is 1. The number of methoxy groups -OCH3 is 2. The first-order valence-electron chi connectivity index (χ1n) is 11.3. The van der Waals surface area contributed by atoms with Gasteiger partial charge in [0, 0.05) is 44.9 Å². The minimum atomic E-state index is 0.678. The van der Waals surface area contributed by atoms with Crippen LogP contribution in [0.5, 0.6) is 11.5 Å². The van der Waals surface area contributed by atoms with E-state index in [1.807, 2.05) is 31.3 Å². The number of hydrogen-bond acceptors (Lipinski definition) is 6. The summed E-state index contributed by atoms with van der Waals surface area (Å²) in [6.45, 7) is 10.0. The Labute approximate surface area is 195 Å². The lowest BCUT2D eigenvalue weighted by Crippen LogP contribution is -2.46. The fraction of sp³-hybridized carbons (Fsp3) is 0.385. The van der Waals surface area contributed by atoms with E-state index < -0.39 is 0 Å². The maximum Gasteiger partial charge on any atom is 0.207 e. The highest BCUT2D eigenvalue weighted by molar-refractivity contribution is 5.65. The summed E-state index contributed by atoms with van der Waals surface area (Å²) in [5, 5.41) is 3.42. The summed E-state index contributed by atoms with van der Waals surface area (Å²) in [5.41, 5.74) is 7.25. The van der Waals surface area contributed by atoms with Gasteiger partial charge in [0.05, 0.1) is 25.6 Å². The zero-order valence-corrected chi connectivity index (χ0v) is 20.4. The Morgan fingerprint density at radius 2 is 1.58 bits per heavy atom. The topological polar surface area (TPSA) is 63.9 Å². The monoisotopic (exact) mass is 447 g/mol. The second-order valence-corrected chi connectivity index (χ2v) is 8.52. The summed E-state index contributed by atoms with van der Waals surface area (Å²) in [6, 6.07) is 12.3. The molecule has 1 aromatic heterocycles. The molecule has 0 radical (unpaired) electrons. The predicted octanol–water partition coefficient (Wildman–Crippen LogP) is 3.67. The lowest BCUT2D eigenvalue weighted by molar-refractivity contribution is 0.355. The van der Waals surface area contributed by atoms with Crippen LogP contribution in [-0.2, 0) is 7.05 Å². The van der Waals surface area contributed by atoms with Gasteiger partial charge in [-0.15, -0.1) is 0 Å². The van der Waals surface area contributed by atoms with Gasteiger partial charge in [-0.1, -0.05) is 17.7 Å². The molecular weight excluding hydrogens is 414 g/mol. The summed E-state index contributed by atoms with van der Waals surface area (Å²) in [5.74, 6) is 2.28. The molecule has 7 heteroatoms. The molecule has 0 saturated carbocycles. The van der Waals surface area contributed by atoms with Crippen molar-refractivity contribution in [3.63, 3.8) is 0 Å². The highest BCUT2D eigenvalue weighted by Crippen LogP contribution is 2.32. The van der Waals surface area contributed by atoms with Crippen LogP contribution in [0.2, 0.25) is 0 Å². The standard InChI is InChI=1S/C26H33N5O2/c1-17-13-18(2)25(19(3)14-17)29-24-16-21(20-7-8-22(32-5)23(15-20)33-6)28-26(30(24)4)31-11-9-27-10-12-31/h7-8,13-16,27H,9-12H2,1-6H3/b29-24-. The van der Waals surface area contributed by atoms with Crippen LogP contribution >= 0.6 is 0 Å². The number of aromatic nitrogens is 2. The molecule has 0 unspecified atom stereocenters. The second kappa shape index (κ2) is 9.67. The quantitative estimate of drug-likeness (QED) is 0.647. The van der Waals surface area contributed by atoms with Crippen LogP contribution in [0.3, 0.4) is 0 Å². The van der Waals surface area contributed by atoms with E-state index in [1.54, 1.807) is 14.2 Å². The first-order chi connectivity index (χ1) is 15.9. The van der Waals surface area contributed by atoms with E-state index in [4.69, 9.17) is 19.5 Å². The van der Waals surface area contributed by atoms with Gasteiger partial charge in [-0.25, -0.2) is 9.98 Å². The molecule has 2 aromatic carbocycles. The lowest BCUT2D eigenvalue weighted by atomic mass is 10.1. The van der Waals surface area contributed by atoms with Crippen molar-refractivity contribution in [1.82, 2.24) is 14.9 Å². The maximum atomic E-state index is 5.54. The van der Waals surface area contributed by atoms with Crippen LogP contribution < -0.4 is 25.2 Å². The van der Waals surface area contributed by atoms with Crippen molar-refractivity contribution in [3.8, 4) is 22.8 Å². The Bertz CT molecular complexity index is 1200. The van der Waals surface area contributed by atoms with Crippen molar-refractivity contribution >= 4 is 11.6 Å². The molecule has 0 aliphatic carbocycles. The summed E-state index contributed by atoms with van der Waals surface area (Å²) < 4.78 is 13.0. The molecule has 4 rings (SSSR count). The number of nitrogens with zero attached hydrogens (tertiary/aromatic N) is 4. The van der Waals surface area contributed by atoms with Crippen LogP contribution in [0.1, 0.15) is 16.7 Å². The highest BCUT2D eigenvalue weighted by Gasteiger charge is 2.17. The first kappa shape index (κ1) is 22.9. The smallest absolute Gasteiger partial charge is 0.207 e. The fourth-order valence-electron chi connectivity index (χ4n) is 4.40. The lowest BCUT2D eigenvalue weighted by Gasteiger charge is -2.30. The Balaban J connectivity index is 1.94. The van der Waals surface area contributed by atoms with Gasteiger partial charge in [-0.05, 0) is 50.1 Å². The van der Waals surface area contributed by atoms with Gasteiger partial charge in [0.15, 0.2) is 11.5 Å². The molecule has 1 N–H and O–H groups in total. The van der Waals surface area contributed by atoms with Gasteiger partial charge in [0.25, 0.3) is 0 Å². The van der Waals surface area contributed by atoms with Crippen molar-refractivity contribution in [2.24, 2.45) is 12.0 Å². The highest BCUT2D eigenvalue weighted by atomic mass is 16.5. The van der Waals surface area contributed by atoms with E-state index in [2.05, 4.69) is 47.7 Å². The first-order valence-corrected chi connectivity index (χ1v) is 11.3. The predicted molar refractivity (Wildman–Crippen MR) is 133 cm³/mol. The minimum absolute atomic E-state index is 0.678. The number of aryl methyl sites for hydroxylation is 3. The van der Waals surface area contributed by atoms with Crippen LogP contribution in [-0.4, -0.2) is 49.9 Å². The van der Waals surface area contributed by atoms with E-state index in [-0.39, 0.29) is 0 Å². The minimum Gasteiger partial charge on any atom is -0.493 e. The van der Waals surface area contributed by atoms with Crippen LogP contribution in [0.25, 0.3) is 11.3 Å². The normalized spacial score (nSPS) is 14.5. The average molecular weight is 448 g/mol. The molecule has 1 aliphatic rings. The van der Waals surface area contributed by atoms with E-state index in [9.17, 15) is 0 Å². The largest absolute Gasteiger partial charge is 0.493 e. The number of benzene rings is 2. The van der Waals surface area contributed by atoms with Crippen molar-refractivity contribution in [1.29, 1.82) is 0 Å². The zero-order valence-electron chi connectivity index (χ0n) is 20.4. The Kier molecular flexibility index (Phi) is 6.70. The second-order valence-electron chi connectivity index (χ2n) is 8.52. The summed E-state index contributed by atoms with van der Waals surface area (Å²) in [7, 11) is 5.33. The van der Waals surface area contributed by atoms with Crippen molar-refractivity contribution in [2.75, 3.05) is 45.3 Å². The van der Waals surface area contributed by atoms with Crippen LogP contribution in [0.4, 0.5) is 11.6 Å². The van der Waals surface area contributed by atoms with E-state index >= 15 is 0 Å². The molecule has 2 heterocycles. The fourth-order valence-corrected chi connectivity index (χ4v) is 4.40. The van der Waals surface area contributed by atoms with Gasteiger partial charge >= 0.3 is 0 Å². The number of rotatable bonds is 5. The van der Waals surface area contributed by atoms with Gasteiger partial charge in [0.2, 0.25) is 5.95 Å². The molecule has 1 aliphatic heterocycles.